The largest absolute Gasteiger partial charge is 0.316 e. The fourth-order valence-corrected chi connectivity index (χ4v) is 1.97. The lowest BCUT2D eigenvalue weighted by molar-refractivity contribution is -0.118. The summed E-state index contributed by atoms with van der Waals surface area (Å²) < 4.78 is 0. The van der Waals surface area contributed by atoms with Crippen LogP contribution in [-0.4, -0.2) is 11.7 Å². The maximum absolute atomic E-state index is 11.4. The van der Waals surface area contributed by atoms with E-state index in [1.54, 1.807) is 18.4 Å². The molecular formula is C8H7NO2S. The maximum Gasteiger partial charge on any atom is 0.235 e. The van der Waals surface area contributed by atoms with E-state index in [0.29, 0.717) is 10.6 Å². The van der Waals surface area contributed by atoms with Gasteiger partial charge in [-0.05, 0) is 18.4 Å². The first kappa shape index (κ1) is 7.49. The summed E-state index contributed by atoms with van der Waals surface area (Å²) in [5.41, 5.74) is 0.645. The predicted octanol–water partition coefficient (Wildman–Crippen LogP) is 1.52. The number of carbonyl (C=O) groups is 2. The van der Waals surface area contributed by atoms with E-state index in [2.05, 4.69) is 5.32 Å². The summed E-state index contributed by atoms with van der Waals surface area (Å²) in [6.07, 6.45) is 0. The summed E-state index contributed by atoms with van der Waals surface area (Å²) in [5, 5.41) is 5.17. The van der Waals surface area contributed by atoms with Gasteiger partial charge in [0.1, 0.15) is 5.00 Å². The molecule has 0 aliphatic carbocycles. The van der Waals surface area contributed by atoms with Crippen molar-refractivity contribution in [1.82, 2.24) is 0 Å². The molecular weight excluding hydrogens is 174 g/mol. The number of Topliss-reactive ketones (excluding diaryl/α,β-unsaturated/α-hetero) is 1. The monoisotopic (exact) mass is 181 g/mol. The first-order chi connectivity index (χ1) is 5.70. The minimum absolute atomic E-state index is 0.0741. The van der Waals surface area contributed by atoms with Crippen molar-refractivity contribution in [1.29, 1.82) is 0 Å². The third-order valence-corrected chi connectivity index (χ3v) is 2.78. The fourth-order valence-electron chi connectivity index (χ4n) is 1.17. The summed E-state index contributed by atoms with van der Waals surface area (Å²) in [5.74, 6) is -0.808. The molecule has 0 saturated carbocycles. The Morgan fingerprint density at radius 2 is 2.25 bits per heavy atom. The predicted molar refractivity (Wildman–Crippen MR) is 46.4 cm³/mol. The van der Waals surface area contributed by atoms with Crippen LogP contribution < -0.4 is 5.32 Å². The Morgan fingerprint density at radius 3 is 3.00 bits per heavy atom. The molecule has 0 fully saturated rings. The summed E-state index contributed by atoms with van der Waals surface area (Å²) in [6, 6.07) is 1.75. The van der Waals surface area contributed by atoms with Crippen molar-refractivity contribution in [2.45, 2.75) is 6.92 Å². The van der Waals surface area contributed by atoms with E-state index in [1.807, 2.05) is 0 Å². The lowest BCUT2D eigenvalue weighted by Crippen LogP contribution is -2.32. The lowest BCUT2D eigenvalue weighted by Gasteiger charge is -2.16. The minimum atomic E-state index is -0.535. The molecule has 1 aromatic rings. The molecule has 2 rings (SSSR count). The van der Waals surface area contributed by atoms with Crippen LogP contribution in [0.1, 0.15) is 17.3 Å². The van der Waals surface area contributed by atoms with Gasteiger partial charge >= 0.3 is 0 Å². The summed E-state index contributed by atoms with van der Waals surface area (Å²) in [6.45, 7) is 1.62. The van der Waals surface area contributed by atoms with Gasteiger partial charge in [-0.2, -0.15) is 0 Å². The SMILES string of the molecule is CC1C(=O)Nc2sccc2C1=O. The number of carbonyl (C=O) groups excluding carboxylic acids is 2. The molecule has 1 aliphatic rings. The second kappa shape index (κ2) is 2.42. The highest BCUT2D eigenvalue weighted by molar-refractivity contribution is 7.15. The molecule has 0 radical (unpaired) electrons. The number of nitrogens with one attached hydrogen (secondary N) is 1. The van der Waals surface area contributed by atoms with Gasteiger partial charge in [0.2, 0.25) is 5.91 Å². The molecule has 2 heterocycles. The van der Waals surface area contributed by atoms with Crippen molar-refractivity contribution in [3.8, 4) is 0 Å². The van der Waals surface area contributed by atoms with E-state index in [1.165, 1.54) is 11.3 Å². The second-order valence-electron chi connectivity index (χ2n) is 2.74. The zero-order valence-corrected chi connectivity index (χ0v) is 7.27. The number of ketones is 1. The highest BCUT2D eigenvalue weighted by atomic mass is 32.1. The minimum Gasteiger partial charge on any atom is -0.316 e. The Hall–Kier alpha value is -1.16. The number of amides is 1. The molecule has 1 atom stereocenters. The summed E-state index contributed by atoms with van der Waals surface area (Å²) in [4.78, 5) is 22.6. The van der Waals surface area contributed by atoms with E-state index in [0.717, 1.165) is 0 Å². The van der Waals surface area contributed by atoms with Crippen LogP contribution in [-0.2, 0) is 4.79 Å². The second-order valence-corrected chi connectivity index (χ2v) is 3.65. The number of fused-ring (bicyclic) bond motifs is 1. The van der Waals surface area contributed by atoms with Gasteiger partial charge in [-0.1, -0.05) is 0 Å². The molecule has 0 spiro atoms. The highest BCUT2D eigenvalue weighted by Gasteiger charge is 2.30. The van der Waals surface area contributed by atoms with E-state index >= 15 is 0 Å². The fraction of sp³-hybridized carbons (Fsp3) is 0.250. The van der Waals surface area contributed by atoms with Crippen molar-refractivity contribution >= 4 is 28.0 Å². The molecule has 1 amide bonds. The van der Waals surface area contributed by atoms with E-state index < -0.39 is 5.92 Å². The third kappa shape index (κ3) is 0.881. The van der Waals surface area contributed by atoms with Crippen molar-refractivity contribution in [2.24, 2.45) is 5.92 Å². The van der Waals surface area contributed by atoms with Crippen molar-refractivity contribution in [3.05, 3.63) is 17.0 Å². The molecule has 62 valence electrons. The Balaban J connectivity index is 2.53. The normalized spacial score (nSPS) is 21.9. The van der Waals surface area contributed by atoms with Gasteiger partial charge in [0.05, 0.1) is 11.5 Å². The van der Waals surface area contributed by atoms with Gasteiger partial charge in [-0.3, -0.25) is 9.59 Å². The topological polar surface area (TPSA) is 46.2 Å². The van der Waals surface area contributed by atoms with Crippen LogP contribution in [0.25, 0.3) is 0 Å². The van der Waals surface area contributed by atoms with E-state index in [-0.39, 0.29) is 11.7 Å². The quantitative estimate of drug-likeness (QED) is 0.617. The number of hydrogen-bond donors (Lipinski definition) is 1. The molecule has 1 aliphatic heterocycles. The summed E-state index contributed by atoms with van der Waals surface area (Å²) in [7, 11) is 0. The Labute approximate surface area is 73.4 Å². The molecule has 3 nitrogen and oxygen atoms in total. The molecule has 0 aromatic carbocycles. The van der Waals surface area contributed by atoms with Crippen molar-refractivity contribution < 1.29 is 9.59 Å². The summed E-state index contributed by atoms with van der Waals surface area (Å²) >= 11 is 1.38. The number of anilines is 1. The van der Waals surface area contributed by atoms with Crippen LogP contribution in [0.5, 0.6) is 0 Å². The van der Waals surface area contributed by atoms with Crippen molar-refractivity contribution in [2.75, 3.05) is 5.32 Å². The molecule has 1 N–H and O–H groups in total. The Morgan fingerprint density at radius 1 is 1.50 bits per heavy atom. The smallest absolute Gasteiger partial charge is 0.235 e. The first-order valence-electron chi connectivity index (χ1n) is 3.62. The number of hydrogen-bond acceptors (Lipinski definition) is 3. The van der Waals surface area contributed by atoms with Crippen molar-refractivity contribution in [3.63, 3.8) is 0 Å². The van der Waals surface area contributed by atoms with Gasteiger partial charge in [0.25, 0.3) is 0 Å². The van der Waals surface area contributed by atoms with Crippen LogP contribution >= 0.6 is 11.3 Å². The van der Waals surface area contributed by atoms with Crippen LogP contribution in [0, 0.1) is 5.92 Å². The number of thiophene rings is 1. The maximum atomic E-state index is 11.4. The van der Waals surface area contributed by atoms with Gasteiger partial charge in [0.15, 0.2) is 5.78 Å². The van der Waals surface area contributed by atoms with Crippen LogP contribution in [0.3, 0.4) is 0 Å². The highest BCUT2D eigenvalue weighted by Crippen LogP contribution is 2.30. The van der Waals surface area contributed by atoms with Crippen LogP contribution in [0.2, 0.25) is 0 Å². The zero-order chi connectivity index (χ0) is 8.72. The van der Waals surface area contributed by atoms with Crippen LogP contribution in [0.4, 0.5) is 5.00 Å². The molecule has 1 unspecified atom stereocenters. The molecule has 0 saturated heterocycles. The number of rotatable bonds is 0. The van der Waals surface area contributed by atoms with Gasteiger partial charge in [-0.15, -0.1) is 11.3 Å². The van der Waals surface area contributed by atoms with Gasteiger partial charge in [-0.25, -0.2) is 0 Å². The molecule has 0 bridgehead atoms. The average Bonchev–Trinajstić information content (AvgIpc) is 2.48. The van der Waals surface area contributed by atoms with Crippen LogP contribution in [0.15, 0.2) is 11.4 Å². The Kier molecular flexibility index (Phi) is 1.51. The van der Waals surface area contributed by atoms with Gasteiger partial charge < -0.3 is 5.32 Å². The van der Waals surface area contributed by atoms with E-state index in [9.17, 15) is 9.59 Å². The average molecular weight is 181 g/mol. The zero-order valence-electron chi connectivity index (χ0n) is 6.46. The first-order valence-corrected chi connectivity index (χ1v) is 4.50. The molecule has 1 aromatic heterocycles. The van der Waals surface area contributed by atoms with Gasteiger partial charge in [0, 0.05) is 0 Å². The molecule has 12 heavy (non-hydrogen) atoms. The Bertz CT molecular complexity index is 356. The van der Waals surface area contributed by atoms with E-state index in [4.69, 9.17) is 0 Å². The molecule has 4 heteroatoms. The lowest BCUT2D eigenvalue weighted by atomic mass is 9.97. The third-order valence-electron chi connectivity index (χ3n) is 1.95. The standard InChI is InChI=1S/C8H7NO2S/c1-4-6(10)5-2-3-12-8(5)9-7(4)11/h2-4H,1H3,(H,9,11).